The number of rotatable bonds is 5. The van der Waals surface area contributed by atoms with Gasteiger partial charge in [0.15, 0.2) is 0 Å². The molecule has 0 bridgehead atoms. The topological polar surface area (TPSA) is 52.9 Å². The molecule has 0 aliphatic rings. The first-order chi connectivity index (χ1) is 7.19. The average molecular weight is 211 g/mol. The summed E-state index contributed by atoms with van der Waals surface area (Å²) >= 11 is 0. The standard InChI is InChI=1S/C11H17NO3/c1-12(7-9(14)8-13)10-5-3-4-6-11(10)15-2/h3-6,9,13-14H,7-8H2,1-2H3. The zero-order valence-electron chi connectivity index (χ0n) is 9.05. The fourth-order valence-corrected chi connectivity index (χ4v) is 1.42. The molecule has 0 aliphatic heterocycles. The number of ether oxygens (including phenoxy) is 1. The third-order valence-corrected chi connectivity index (χ3v) is 2.19. The summed E-state index contributed by atoms with van der Waals surface area (Å²) in [6.45, 7) is 0.135. The van der Waals surface area contributed by atoms with E-state index in [4.69, 9.17) is 9.84 Å². The molecule has 1 rings (SSSR count). The van der Waals surface area contributed by atoms with Crippen LogP contribution in [0.25, 0.3) is 0 Å². The predicted octanol–water partition coefficient (Wildman–Crippen LogP) is 0.485. The van der Waals surface area contributed by atoms with Crippen molar-refractivity contribution in [2.24, 2.45) is 0 Å². The Bertz CT molecular complexity index is 304. The Balaban J connectivity index is 2.76. The SMILES string of the molecule is COc1ccccc1N(C)CC(O)CO. The van der Waals surface area contributed by atoms with Gasteiger partial charge < -0.3 is 19.8 Å². The van der Waals surface area contributed by atoms with Crippen LogP contribution in [0.3, 0.4) is 0 Å². The number of anilines is 1. The Morgan fingerprint density at radius 3 is 2.67 bits per heavy atom. The summed E-state index contributed by atoms with van der Waals surface area (Å²) in [4.78, 5) is 1.85. The number of nitrogens with zero attached hydrogens (tertiary/aromatic N) is 1. The van der Waals surface area contributed by atoms with E-state index in [-0.39, 0.29) is 6.61 Å². The number of likely N-dealkylation sites (N-methyl/N-ethyl adjacent to an activating group) is 1. The second-order valence-electron chi connectivity index (χ2n) is 3.39. The van der Waals surface area contributed by atoms with Crippen molar-refractivity contribution >= 4 is 5.69 Å². The first kappa shape index (κ1) is 11.8. The van der Waals surface area contributed by atoms with Gasteiger partial charge in [0.25, 0.3) is 0 Å². The van der Waals surface area contributed by atoms with Crippen molar-refractivity contribution < 1.29 is 14.9 Å². The molecule has 0 aromatic heterocycles. The lowest BCUT2D eigenvalue weighted by Gasteiger charge is -2.23. The lowest BCUT2D eigenvalue weighted by Crippen LogP contribution is -2.31. The molecule has 4 nitrogen and oxygen atoms in total. The van der Waals surface area contributed by atoms with E-state index in [1.807, 2.05) is 36.2 Å². The summed E-state index contributed by atoms with van der Waals surface area (Å²) in [7, 11) is 3.45. The van der Waals surface area contributed by atoms with Crippen LogP contribution >= 0.6 is 0 Å². The zero-order chi connectivity index (χ0) is 11.3. The molecule has 0 heterocycles. The smallest absolute Gasteiger partial charge is 0.142 e. The molecule has 1 aromatic carbocycles. The maximum absolute atomic E-state index is 9.32. The van der Waals surface area contributed by atoms with Crippen LogP contribution in [-0.2, 0) is 0 Å². The quantitative estimate of drug-likeness (QED) is 0.744. The molecule has 0 saturated heterocycles. The minimum Gasteiger partial charge on any atom is -0.495 e. The highest BCUT2D eigenvalue weighted by molar-refractivity contribution is 5.57. The van der Waals surface area contributed by atoms with Crippen molar-refractivity contribution in [3.63, 3.8) is 0 Å². The normalized spacial score (nSPS) is 12.3. The van der Waals surface area contributed by atoms with E-state index in [0.717, 1.165) is 11.4 Å². The van der Waals surface area contributed by atoms with Crippen LogP contribution in [0.15, 0.2) is 24.3 Å². The van der Waals surface area contributed by atoms with Crippen LogP contribution < -0.4 is 9.64 Å². The van der Waals surface area contributed by atoms with E-state index in [9.17, 15) is 5.11 Å². The maximum atomic E-state index is 9.32. The third-order valence-electron chi connectivity index (χ3n) is 2.19. The molecule has 0 spiro atoms. The monoisotopic (exact) mass is 211 g/mol. The molecule has 15 heavy (non-hydrogen) atoms. The third kappa shape index (κ3) is 3.11. The molecule has 0 aliphatic carbocycles. The van der Waals surface area contributed by atoms with Crippen molar-refractivity contribution in [2.75, 3.05) is 32.2 Å². The molecule has 1 aromatic rings. The molecular weight excluding hydrogens is 194 g/mol. The summed E-state index contributed by atoms with van der Waals surface area (Å²) in [5.74, 6) is 0.755. The Morgan fingerprint density at radius 1 is 1.40 bits per heavy atom. The molecular formula is C11H17NO3. The van der Waals surface area contributed by atoms with Crippen molar-refractivity contribution in [2.45, 2.75) is 6.10 Å². The molecule has 84 valence electrons. The van der Waals surface area contributed by atoms with E-state index in [2.05, 4.69) is 0 Å². The first-order valence-corrected chi connectivity index (χ1v) is 4.82. The van der Waals surface area contributed by atoms with Crippen molar-refractivity contribution in [3.8, 4) is 5.75 Å². The molecule has 2 N–H and O–H groups in total. The number of benzene rings is 1. The van der Waals surface area contributed by atoms with E-state index >= 15 is 0 Å². The van der Waals surface area contributed by atoms with Gasteiger partial charge in [0.1, 0.15) is 5.75 Å². The number of hydrogen-bond donors (Lipinski definition) is 2. The summed E-state index contributed by atoms with van der Waals surface area (Å²) < 4.78 is 5.20. The summed E-state index contributed by atoms with van der Waals surface area (Å²) in [6.07, 6.45) is -0.736. The first-order valence-electron chi connectivity index (χ1n) is 4.82. The van der Waals surface area contributed by atoms with Crippen LogP contribution in [0.1, 0.15) is 0 Å². The fraction of sp³-hybridized carbons (Fsp3) is 0.455. The van der Waals surface area contributed by atoms with Gasteiger partial charge in [-0.1, -0.05) is 12.1 Å². The van der Waals surface area contributed by atoms with Gasteiger partial charge in [0.2, 0.25) is 0 Å². The summed E-state index contributed by atoms with van der Waals surface area (Å²) in [5, 5.41) is 18.1. The lowest BCUT2D eigenvalue weighted by atomic mass is 10.2. The highest BCUT2D eigenvalue weighted by Gasteiger charge is 2.10. The van der Waals surface area contributed by atoms with Gasteiger partial charge in [-0.2, -0.15) is 0 Å². The second-order valence-corrected chi connectivity index (χ2v) is 3.39. The van der Waals surface area contributed by atoms with Gasteiger partial charge in [0.05, 0.1) is 25.5 Å². The van der Waals surface area contributed by atoms with Crippen LogP contribution in [0, 0.1) is 0 Å². The Hall–Kier alpha value is -1.26. The Kier molecular flexibility index (Phi) is 4.39. The van der Waals surface area contributed by atoms with Gasteiger partial charge in [-0.25, -0.2) is 0 Å². The summed E-state index contributed by atoms with van der Waals surface area (Å²) in [5.41, 5.74) is 0.896. The van der Waals surface area contributed by atoms with Crippen LogP contribution in [0.5, 0.6) is 5.75 Å². The molecule has 0 amide bonds. The second kappa shape index (κ2) is 5.58. The van der Waals surface area contributed by atoms with E-state index in [0.29, 0.717) is 6.54 Å². The molecule has 0 saturated carbocycles. The van der Waals surface area contributed by atoms with Gasteiger partial charge in [-0.05, 0) is 12.1 Å². The Morgan fingerprint density at radius 2 is 2.07 bits per heavy atom. The number of aliphatic hydroxyl groups is 2. The van der Waals surface area contributed by atoms with Crippen LogP contribution in [0.4, 0.5) is 5.69 Å². The summed E-state index contributed by atoms with van der Waals surface area (Å²) in [6, 6.07) is 7.55. The van der Waals surface area contributed by atoms with Crippen LogP contribution in [-0.4, -0.2) is 43.6 Å². The van der Waals surface area contributed by atoms with Crippen molar-refractivity contribution in [3.05, 3.63) is 24.3 Å². The molecule has 0 fully saturated rings. The van der Waals surface area contributed by atoms with Crippen LogP contribution in [0.2, 0.25) is 0 Å². The highest BCUT2D eigenvalue weighted by atomic mass is 16.5. The molecule has 0 radical (unpaired) electrons. The average Bonchev–Trinajstić information content (AvgIpc) is 2.28. The number of para-hydroxylation sites is 2. The van der Waals surface area contributed by atoms with E-state index < -0.39 is 6.10 Å². The molecule has 4 heteroatoms. The number of hydrogen-bond acceptors (Lipinski definition) is 4. The minimum absolute atomic E-state index is 0.237. The zero-order valence-corrected chi connectivity index (χ0v) is 9.05. The number of methoxy groups -OCH3 is 1. The van der Waals surface area contributed by atoms with E-state index in [1.165, 1.54) is 0 Å². The number of aliphatic hydroxyl groups excluding tert-OH is 2. The van der Waals surface area contributed by atoms with Gasteiger partial charge >= 0.3 is 0 Å². The highest BCUT2D eigenvalue weighted by Crippen LogP contribution is 2.26. The van der Waals surface area contributed by atoms with E-state index in [1.54, 1.807) is 7.11 Å². The maximum Gasteiger partial charge on any atom is 0.142 e. The lowest BCUT2D eigenvalue weighted by molar-refractivity contribution is 0.101. The largest absolute Gasteiger partial charge is 0.495 e. The van der Waals surface area contributed by atoms with Gasteiger partial charge in [0, 0.05) is 13.6 Å². The fourth-order valence-electron chi connectivity index (χ4n) is 1.42. The predicted molar refractivity (Wildman–Crippen MR) is 59.4 cm³/mol. The van der Waals surface area contributed by atoms with Crippen molar-refractivity contribution in [1.29, 1.82) is 0 Å². The van der Waals surface area contributed by atoms with Crippen molar-refractivity contribution in [1.82, 2.24) is 0 Å². The minimum atomic E-state index is -0.736. The van der Waals surface area contributed by atoms with Gasteiger partial charge in [-0.3, -0.25) is 0 Å². The van der Waals surface area contributed by atoms with Gasteiger partial charge in [-0.15, -0.1) is 0 Å². The molecule has 1 unspecified atom stereocenters. The molecule has 1 atom stereocenters. The Labute approximate surface area is 89.7 Å².